The molecule has 0 N–H and O–H groups in total. The zero-order chi connectivity index (χ0) is 28.5. The maximum absolute atomic E-state index is 10.7. The Morgan fingerprint density at radius 1 is 0.583 bits per heavy atom. The second-order valence-electron chi connectivity index (χ2n) is 6.73. The Balaban J connectivity index is 0. The molecule has 0 saturated heterocycles. The standard InChI is InChI=1S/2C9H14N.2CHF3O3S/c2*1-2-3-7-10-8-5-4-6-9-10;2*2-1(3,4)8(5,6)7/h2*4-6,8-9H,2-3,7H2,1H3;2*(H,5,6,7)/q2*+1;;/p-2. The molecule has 0 aliphatic heterocycles. The molecule has 2 rings (SSSR count). The van der Waals surface area contributed by atoms with Crippen molar-refractivity contribution in [2.24, 2.45) is 0 Å². The van der Waals surface area contributed by atoms with Crippen LogP contribution in [0.3, 0.4) is 0 Å². The number of hydrogen-bond acceptors (Lipinski definition) is 6. The van der Waals surface area contributed by atoms with Gasteiger partial charge in [-0.1, -0.05) is 38.8 Å². The van der Waals surface area contributed by atoms with E-state index in [9.17, 15) is 26.3 Å². The van der Waals surface area contributed by atoms with Gasteiger partial charge in [-0.05, 0) is 0 Å². The van der Waals surface area contributed by atoms with Gasteiger partial charge in [-0.25, -0.2) is 26.0 Å². The summed E-state index contributed by atoms with van der Waals surface area (Å²) < 4.78 is 122. The quantitative estimate of drug-likeness (QED) is 0.226. The highest BCUT2D eigenvalue weighted by Gasteiger charge is 2.37. The molecule has 0 aliphatic rings. The second kappa shape index (κ2) is 17.2. The zero-order valence-corrected chi connectivity index (χ0v) is 21.1. The highest BCUT2D eigenvalue weighted by Crippen LogP contribution is 2.21. The fraction of sp³-hybridized carbons (Fsp3) is 0.500. The van der Waals surface area contributed by atoms with Crippen LogP contribution in [0.2, 0.25) is 0 Å². The van der Waals surface area contributed by atoms with Crippen LogP contribution in [0.5, 0.6) is 0 Å². The topological polar surface area (TPSA) is 122 Å². The molecule has 0 saturated carbocycles. The Labute approximate surface area is 206 Å². The molecule has 2 aromatic rings. The molecule has 0 fully saturated rings. The molecule has 0 spiro atoms. The molecule has 8 nitrogen and oxygen atoms in total. The van der Waals surface area contributed by atoms with Crippen molar-refractivity contribution in [2.45, 2.75) is 63.6 Å². The van der Waals surface area contributed by atoms with Gasteiger partial charge in [0.2, 0.25) is 0 Å². The molecule has 36 heavy (non-hydrogen) atoms. The maximum Gasteiger partial charge on any atom is 0.485 e. The average molecular weight is 571 g/mol. The van der Waals surface area contributed by atoms with Crippen LogP contribution < -0.4 is 9.13 Å². The van der Waals surface area contributed by atoms with Crippen LogP contribution in [0, 0.1) is 0 Å². The van der Waals surface area contributed by atoms with Crippen molar-refractivity contribution in [2.75, 3.05) is 0 Å². The first-order valence-electron chi connectivity index (χ1n) is 10.3. The SMILES string of the molecule is CCCC[n+]1ccccc1.CCCC[n+]1ccccc1.O=S(=O)([O-])C(F)(F)F.O=S(=O)([O-])C(F)(F)F. The first-order valence-corrected chi connectivity index (χ1v) is 13.1. The van der Waals surface area contributed by atoms with E-state index in [2.05, 4.69) is 72.0 Å². The van der Waals surface area contributed by atoms with E-state index in [0.29, 0.717) is 0 Å². The Bertz CT molecular complexity index is 948. The highest BCUT2D eigenvalue weighted by atomic mass is 32.2. The molecule has 16 heteroatoms. The summed E-state index contributed by atoms with van der Waals surface area (Å²) in [6.45, 7) is 6.72. The summed E-state index contributed by atoms with van der Waals surface area (Å²) >= 11 is 0. The van der Waals surface area contributed by atoms with Gasteiger partial charge in [-0.15, -0.1) is 0 Å². The van der Waals surface area contributed by atoms with E-state index in [1.54, 1.807) is 0 Å². The Hall–Kier alpha value is -2.30. The molecular weight excluding hydrogens is 542 g/mol. The molecule has 2 heterocycles. The molecule has 0 aromatic carbocycles. The average Bonchev–Trinajstić information content (AvgIpc) is 2.76. The van der Waals surface area contributed by atoms with Crippen molar-refractivity contribution >= 4 is 20.2 Å². The third-order valence-corrected chi connectivity index (χ3v) is 4.80. The monoisotopic (exact) mass is 570 g/mol. The normalized spacial score (nSPS) is 11.6. The predicted octanol–water partition coefficient (Wildman–Crippen LogP) is 3.65. The van der Waals surface area contributed by atoms with Gasteiger partial charge in [0.1, 0.15) is 13.1 Å². The number of aromatic nitrogens is 2. The number of rotatable bonds is 6. The molecule has 208 valence electrons. The third-order valence-electron chi connectivity index (χ3n) is 3.66. The van der Waals surface area contributed by atoms with Gasteiger partial charge in [0.15, 0.2) is 45.0 Å². The molecular formula is C20H28F6N2O6S2. The number of pyridine rings is 2. The van der Waals surface area contributed by atoms with Crippen LogP contribution in [-0.2, 0) is 33.3 Å². The number of hydrogen-bond donors (Lipinski definition) is 0. The van der Waals surface area contributed by atoms with E-state index < -0.39 is 31.3 Å². The summed E-state index contributed by atoms with van der Waals surface area (Å²) in [4.78, 5) is 0. The van der Waals surface area contributed by atoms with Crippen LogP contribution in [0.4, 0.5) is 26.3 Å². The van der Waals surface area contributed by atoms with E-state index >= 15 is 0 Å². The van der Waals surface area contributed by atoms with Gasteiger partial charge in [-0.2, -0.15) is 26.3 Å². The van der Waals surface area contributed by atoms with E-state index in [4.69, 9.17) is 25.9 Å². The third kappa shape index (κ3) is 19.0. The Morgan fingerprint density at radius 2 is 0.806 bits per heavy atom. The van der Waals surface area contributed by atoms with Crippen molar-refractivity contribution in [3.63, 3.8) is 0 Å². The Morgan fingerprint density at radius 3 is 0.972 bits per heavy atom. The largest absolute Gasteiger partial charge is 0.741 e. The summed E-state index contributed by atoms with van der Waals surface area (Å²) in [6.07, 6.45) is 13.5. The molecule has 0 atom stereocenters. The van der Waals surface area contributed by atoms with Crippen molar-refractivity contribution in [1.29, 1.82) is 0 Å². The summed E-state index contributed by atoms with van der Waals surface area (Å²) in [5.41, 5.74) is -11.3. The zero-order valence-electron chi connectivity index (χ0n) is 19.4. The number of unbranched alkanes of at least 4 members (excludes halogenated alkanes) is 2. The fourth-order valence-corrected chi connectivity index (χ4v) is 1.85. The van der Waals surface area contributed by atoms with Gasteiger partial charge >= 0.3 is 11.0 Å². The van der Waals surface area contributed by atoms with Crippen molar-refractivity contribution < 1.29 is 61.4 Å². The lowest BCUT2D eigenvalue weighted by molar-refractivity contribution is -0.697. The number of aryl methyl sites for hydroxylation is 2. The first kappa shape index (κ1) is 35.9. The van der Waals surface area contributed by atoms with Gasteiger partial charge in [0.25, 0.3) is 0 Å². The van der Waals surface area contributed by atoms with Crippen molar-refractivity contribution in [1.82, 2.24) is 0 Å². The molecule has 0 unspecified atom stereocenters. The second-order valence-corrected chi connectivity index (χ2v) is 9.48. The van der Waals surface area contributed by atoms with Crippen LogP contribution in [0.1, 0.15) is 39.5 Å². The van der Waals surface area contributed by atoms with E-state index in [1.807, 2.05) is 12.1 Å². The van der Waals surface area contributed by atoms with Gasteiger partial charge in [0.05, 0.1) is 0 Å². The highest BCUT2D eigenvalue weighted by molar-refractivity contribution is 7.86. The van der Waals surface area contributed by atoms with Crippen LogP contribution in [0.15, 0.2) is 61.2 Å². The fourth-order valence-electron chi connectivity index (χ4n) is 1.85. The lowest BCUT2D eigenvalue weighted by Crippen LogP contribution is -2.31. The number of halogens is 6. The lowest BCUT2D eigenvalue weighted by atomic mass is 10.3. The van der Waals surface area contributed by atoms with E-state index in [0.717, 1.165) is 13.1 Å². The maximum atomic E-state index is 10.7. The Kier molecular flexibility index (Phi) is 17.1. The summed E-state index contributed by atoms with van der Waals surface area (Å²) in [5.74, 6) is 0. The molecule has 0 radical (unpaired) electrons. The van der Waals surface area contributed by atoms with Gasteiger partial charge < -0.3 is 9.11 Å². The minimum Gasteiger partial charge on any atom is -0.741 e. The summed E-state index contributed by atoms with van der Waals surface area (Å²) in [5, 5.41) is 0. The molecule has 0 aliphatic carbocycles. The van der Waals surface area contributed by atoms with E-state index in [-0.39, 0.29) is 0 Å². The number of nitrogens with zero attached hydrogens (tertiary/aromatic N) is 2. The summed E-state index contributed by atoms with van der Waals surface area (Å²) in [6, 6.07) is 12.3. The predicted molar refractivity (Wildman–Crippen MR) is 115 cm³/mol. The molecule has 0 bridgehead atoms. The van der Waals surface area contributed by atoms with Crippen molar-refractivity contribution in [3.8, 4) is 0 Å². The van der Waals surface area contributed by atoms with Crippen LogP contribution >= 0.6 is 0 Å². The van der Waals surface area contributed by atoms with Gasteiger partial charge in [0, 0.05) is 37.1 Å². The van der Waals surface area contributed by atoms with Crippen LogP contribution in [0.25, 0.3) is 0 Å². The smallest absolute Gasteiger partial charge is 0.485 e. The lowest BCUT2D eigenvalue weighted by Gasteiger charge is -2.08. The minimum absolute atomic E-state index is 1.15. The van der Waals surface area contributed by atoms with Crippen molar-refractivity contribution in [3.05, 3.63) is 61.2 Å². The molecule has 0 amide bonds. The first-order chi connectivity index (χ1) is 16.4. The van der Waals surface area contributed by atoms with Crippen LogP contribution in [-0.4, -0.2) is 37.0 Å². The van der Waals surface area contributed by atoms with E-state index in [1.165, 1.54) is 25.7 Å². The number of alkyl halides is 6. The van der Waals surface area contributed by atoms with Gasteiger partial charge in [-0.3, -0.25) is 0 Å². The summed E-state index contributed by atoms with van der Waals surface area (Å²) in [7, 11) is -12.2. The molecule has 2 aromatic heterocycles. The minimum atomic E-state index is -6.09.